The maximum absolute atomic E-state index is 12.8. The zero-order valence-corrected chi connectivity index (χ0v) is 17.1. The molecule has 0 aliphatic heterocycles. The molecule has 0 saturated carbocycles. The zero-order chi connectivity index (χ0) is 21.2. The fourth-order valence-corrected chi connectivity index (χ4v) is 4.15. The minimum absolute atomic E-state index is 0.0168. The summed E-state index contributed by atoms with van der Waals surface area (Å²) in [4.78, 5) is 10.8. The molecule has 0 unspecified atom stereocenters. The van der Waals surface area contributed by atoms with Gasteiger partial charge in [0.2, 0.25) is 0 Å². The number of halogens is 1. The van der Waals surface area contributed by atoms with Crippen LogP contribution in [0.15, 0.2) is 65.6 Å². The Kier molecular flexibility index (Phi) is 5.76. The van der Waals surface area contributed by atoms with Gasteiger partial charge in [0.05, 0.1) is 21.6 Å². The molecule has 150 valence electrons. The van der Waals surface area contributed by atoms with E-state index < -0.39 is 14.9 Å². The van der Waals surface area contributed by atoms with Crippen LogP contribution in [0.25, 0.3) is 0 Å². The zero-order valence-electron chi connectivity index (χ0n) is 15.5. The summed E-state index contributed by atoms with van der Waals surface area (Å²) in [5, 5.41) is 11.8. The molecule has 0 aliphatic carbocycles. The van der Waals surface area contributed by atoms with Crippen LogP contribution < -0.4 is 9.46 Å². The molecule has 0 aliphatic rings. The lowest BCUT2D eigenvalue weighted by atomic mass is 10.2. The van der Waals surface area contributed by atoms with Gasteiger partial charge in [-0.05, 0) is 49.7 Å². The summed E-state index contributed by atoms with van der Waals surface area (Å²) in [7, 11) is -3.94. The van der Waals surface area contributed by atoms with Crippen molar-refractivity contribution in [2.75, 3.05) is 4.72 Å². The molecule has 7 nitrogen and oxygen atoms in total. The van der Waals surface area contributed by atoms with Crippen molar-refractivity contribution in [3.63, 3.8) is 0 Å². The molecule has 0 radical (unpaired) electrons. The number of benzene rings is 3. The predicted molar refractivity (Wildman–Crippen MR) is 111 cm³/mol. The Morgan fingerprint density at radius 3 is 2.28 bits per heavy atom. The van der Waals surface area contributed by atoms with E-state index in [-0.39, 0.29) is 22.0 Å². The molecule has 29 heavy (non-hydrogen) atoms. The molecule has 0 heterocycles. The molecule has 1 N–H and O–H groups in total. The summed E-state index contributed by atoms with van der Waals surface area (Å²) < 4.78 is 33.6. The van der Waals surface area contributed by atoms with Crippen molar-refractivity contribution >= 4 is 33.0 Å². The van der Waals surface area contributed by atoms with Gasteiger partial charge in [-0.1, -0.05) is 29.3 Å². The fraction of sp³-hybridized carbons (Fsp3) is 0.100. The lowest BCUT2D eigenvalue weighted by molar-refractivity contribution is -0.384. The first-order valence-electron chi connectivity index (χ1n) is 8.47. The Morgan fingerprint density at radius 2 is 1.66 bits per heavy atom. The molecule has 0 amide bonds. The second-order valence-corrected chi connectivity index (χ2v) is 8.49. The van der Waals surface area contributed by atoms with Crippen LogP contribution in [0.1, 0.15) is 11.1 Å². The molecular weight excluding hydrogens is 416 g/mol. The number of nitro groups is 1. The number of sulfonamides is 1. The average molecular weight is 433 g/mol. The Bertz CT molecular complexity index is 1180. The molecule has 9 heteroatoms. The van der Waals surface area contributed by atoms with Crippen LogP contribution in [0.2, 0.25) is 5.02 Å². The van der Waals surface area contributed by atoms with Gasteiger partial charge in [-0.25, -0.2) is 8.42 Å². The number of ether oxygens (including phenoxy) is 1. The maximum Gasteiger partial charge on any atom is 0.275 e. The average Bonchev–Trinajstić information content (AvgIpc) is 2.62. The summed E-state index contributed by atoms with van der Waals surface area (Å²) in [6.45, 7) is 3.54. The molecular formula is C20H17ClN2O5S. The largest absolute Gasteiger partial charge is 0.457 e. The van der Waals surface area contributed by atoms with Crippen molar-refractivity contribution in [2.45, 2.75) is 18.7 Å². The molecule has 0 atom stereocenters. The first-order valence-corrected chi connectivity index (χ1v) is 10.3. The van der Waals surface area contributed by atoms with Crippen molar-refractivity contribution < 1.29 is 18.1 Å². The van der Waals surface area contributed by atoms with Crippen LogP contribution in [-0.4, -0.2) is 13.3 Å². The van der Waals surface area contributed by atoms with Gasteiger partial charge < -0.3 is 4.74 Å². The highest BCUT2D eigenvalue weighted by Gasteiger charge is 2.19. The van der Waals surface area contributed by atoms with Crippen LogP contribution in [-0.2, 0) is 10.0 Å². The van der Waals surface area contributed by atoms with Crippen LogP contribution in [0.5, 0.6) is 11.5 Å². The monoisotopic (exact) mass is 432 g/mol. The number of non-ortho nitro benzene ring substituents is 1. The Hall–Kier alpha value is -3.10. The number of nitrogens with one attached hydrogen (secondary N) is 1. The van der Waals surface area contributed by atoms with Gasteiger partial charge >= 0.3 is 0 Å². The van der Waals surface area contributed by atoms with E-state index in [2.05, 4.69) is 4.72 Å². The molecule has 0 fully saturated rings. The molecule has 0 spiro atoms. The van der Waals surface area contributed by atoms with Crippen LogP contribution in [0.4, 0.5) is 11.4 Å². The second kappa shape index (κ2) is 8.10. The first kappa shape index (κ1) is 20.6. The summed E-state index contributed by atoms with van der Waals surface area (Å²) in [6.07, 6.45) is 0. The van der Waals surface area contributed by atoms with E-state index in [9.17, 15) is 18.5 Å². The number of rotatable bonds is 6. The maximum atomic E-state index is 12.8. The van der Waals surface area contributed by atoms with E-state index in [0.29, 0.717) is 16.3 Å². The number of nitrogens with zero attached hydrogens (tertiary/aromatic N) is 1. The van der Waals surface area contributed by atoms with Crippen LogP contribution in [0, 0.1) is 24.0 Å². The summed E-state index contributed by atoms with van der Waals surface area (Å²) in [5.74, 6) is 0.512. The van der Waals surface area contributed by atoms with Crippen LogP contribution >= 0.6 is 11.6 Å². The quantitative estimate of drug-likeness (QED) is 0.412. The Morgan fingerprint density at radius 1 is 0.966 bits per heavy atom. The molecule has 3 aromatic rings. The smallest absolute Gasteiger partial charge is 0.275 e. The highest BCUT2D eigenvalue weighted by Crippen LogP contribution is 2.31. The SMILES string of the molecule is Cc1ccc(S(=O)(=O)Nc2cc(Oc3ccc(Cl)cc3)cc([N+](=O)[O-])c2)c(C)c1. The van der Waals surface area contributed by atoms with Crippen molar-refractivity contribution in [2.24, 2.45) is 0 Å². The second-order valence-electron chi connectivity index (χ2n) is 6.40. The Labute approximate surface area is 173 Å². The molecule has 3 rings (SSSR count). The topological polar surface area (TPSA) is 98.5 Å². The molecule has 0 aromatic heterocycles. The van der Waals surface area contributed by atoms with E-state index in [1.54, 1.807) is 43.3 Å². The van der Waals surface area contributed by atoms with Gasteiger partial charge in [0, 0.05) is 17.2 Å². The lowest BCUT2D eigenvalue weighted by Crippen LogP contribution is -2.14. The van der Waals surface area contributed by atoms with Crippen molar-refractivity contribution in [3.05, 3.63) is 86.9 Å². The van der Waals surface area contributed by atoms with Gasteiger partial charge in [0.15, 0.2) is 0 Å². The minimum atomic E-state index is -3.94. The summed E-state index contributed by atoms with van der Waals surface area (Å²) >= 11 is 5.84. The number of anilines is 1. The van der Waals surface area contributed by atoms with Crippen LogP contribution in [0.3, 0.4) is 0 Å². The number of aryl methyl sites for hydroxylation is 2. The Balaban J connectivity index is 1.96. The third-order valence-corrected chi connectivity index (χ3v) is 5.82. The number of hydrogen-bond acceptors (Lipinski definition) is 5. The fourth-order valence-electron chi connectivity index (χ4n) is 2.76. The van der Waals surface area contributed by atoms with E-state index in [1.165, 1.54) is 18.2 Å². The predicted octanol–water partition coefficient (Wildman–Crippen LogP) is 5.46. The standard InChI is InChI=1S/C20H17ClN2O5S/c1-13-3-8-20(14(2)9-13)29(26,27)22-16-10-17(23(24)25)12-19(11-16)28-18-6-4-15(21)5-7-18/h3-12,22H,1-2H3. The van der Waals surface area contributed by atoms with Gasteiger partial charge in [-0.3, -0.25) is 14.8 Å². The molecule has 0 saturated heterocycles. The third kappa shape index (κ3) is 5.04. The number of hydrogen-bond donors (Lipinski definition) is 1. The summed E-state index contributed by atoms with van der Waals surface area (Å²) in [5.41, 5.74) is 1.20. The van der Waals surface area contributed by atoms with E-state index in [0.717, 1.165) is 11.6 Å². The minimum Gasteiger partial charge on any atom is -0.457 e. The highest BCUT2D eigenvalue weighted by molar-refractivity contribution is 7.92. The van der Waals surface area contributed by atoms with E-state index >= 15 is 0 Å². The first-order chi connectivity index (χ1) is 13.6. The van der Waals surface area contributed by atoms with Crippen molar-refractivity contribution in [1.29, 1.82) is 0 Å². The molecule has 0 bridgehead atoms. The van der Waals surface area contributed by atoms with Gasteiger partial charge in [-0.2, -0.15) is 0 Å². The van der Waals surface area contributed by atoms with Gasteiger partial charge in [0.25, 0.3) is 15.7 Å². The highest BCUT2D eigenvalue weighted by atomic mass is 35.5. The van der Waals surface area contributed by atoms with Gasteiger partial charge in [-0.15, -0.1) is 0 Å². The van der Waals surface area contributed by atoms with E-state index in [4.69, 9.17) is 16.3 Å². The van der Waals surface area contributed by atoms with Gasteiger partial charge in [0.1, 0.15) is 11.5 Å². The third-order valence-electron chi connectivity index (χ3n) is 4.02. The summed E-state index contributed by atoms with van der Waals surface area (Å²) in [6, 6.07) is 15.1. The van der Waals surface area contributed by atoms with Crippen molar-refractivity contribution in [1.82, 2.24) is 0 Å². The van der Waals surface area contributed by atoms with Crippen molar-refractivity contribution in [3.8, 4) is 11.5 Å². The number of nitro benzene ring substituents is 1. The molecule has 3 aromatic carbocycles. The van der Waals surface area contributed by atoms with E-state index in [1.807, 2.05) is 6.92 Å². The lowest BCUT2D eigenvalue weighted by Gasteiger charge is -2.12. The normalized spacial score (nSPS) is 11.1.